The van der Waals surface area contributed by atoms with Crippen molar-refractivity contribution in [2.24, 2.45) is 0 Å². The quantitative estimate of drug-likeness (QED) is 0.249. The van der Waals surface area contributed by atoms with Crippen molar-refractivity contribution in [1.82, 2.24) is 0 Å². The Balaban J connectivity index is 2.18. The van der Waals surface area contributed by atoms with Gasteiger partial charge < -0.3 is 9.84 Å². The lowest BCUT2D eigenvalue weighted by atomic mass is 10.1. The zero-order valence-corrected chi connectivity index (χ0v) is 14.7. The molecular formula is C21H28O3. The standard InChI is InChI=1S/C21H28O3/c1-3-5-6-7-8-9-10-11-12-13-14-15-16-17-19-20(22)18(4-2)21(23)24-19/h3,5,7-10,12-13,16-17,19,22H,4,6,11,14-15H2,1-2H3/b5-3+,8-7+,10-9+,13-12+,17-16+/t19-/m1/s1. The summed E-state index contributed by atoms with van der Waals surface area (Å²) in [6, 6.07) is 0. The maximum Gasteiger partial charge on any atom is 0.338 e. The fourth-order valence-electron chi connectivity index (χ4n) is 2.21. The van der Waals surface area contributed by atoms with Crippen LogP contribution in [0.1, 0.15) is 46.0 Å². The highest BCUT2D eigenvalue weighted by atomic mass is 16.6. The second kappa shape index (κ2) is 12.2. The van der Waals surface area contributed by atoms with E-state index in [0.29, 0.717) is 12.0 Å². The Labute approximate surface area is 145 Å². The van der Waals surface area contributed by atoms with Crippen LogP contribution < -0.4 is 0 Å². The third kappa shape index (κ3) is 7.32. The molecule has 0 saturated heterocycles. The van der Waals surface area contributed by atoms with E-state index < -0.39 is 12.1 Å². The highest BCUT2D eigenvalue weighted by molar-refractivity contribution is 5.91. The molecule has 3 nitrogen and oxygen atoms in total. The van der Waals surface area contributed by atoms with Gasteiger partial charge in [-0.2, -0.15) is 0 Å². The first-order valence-corrected chi connectivity index (χ1v) is 8.58. The van der Waals surface area contributed by atoms with E-state index in [1.165, 1.54) is 0 Å². The molecule has 3 heteroatoms. The van der Waals surface area contributed by atoms with Crippen LogP contribution in [-0.4, -0.2) is 17.2 Å². The van der Waals surface area contributed by atoms with Crippen LogP contribution in [0.2, 0.25) is 0 Å². The highest BCUT2D eigenvalue weighted by Crippen LogP contribution is 2.23. The first kappa shape index (κ1) is 19.8. The lowest BCUT2D eigenvalue weighted by molar-refractivity contribution is -0.138. The molecular weight excluding hydrogens is 300 g/mol. The van der Waals surface area contributed by atoms with Crippen molar-refractivity contribution in [2.75, 3.05) is 0 Å². The maximum absolute atomic E-state index is 11.5. The van der Waals surface area contributed by atoms with Crippen LogP contribution in [-0.2, 0) is 9.53 Å². The van der Waals surface area contributed by atoms with Gasteiger partial charge in [0.2, 0.25) is 0 Å². The third-order valence-electron chi connectivity index (χ3n) is 3.55. The van der Waals surface area contributed by atoms with Gasteiger partial charge in [-0.15, -0.1) is 0 Å². The van der Waals surface area contributed by atoms with Crippen LogP contribution in [0.25, 0.3) is 0 Å². The van der Waals surface area contributed by atoms with Crippen LogP contribution in [0.15, 0.2) is 72.1 Å². The molecule has 0 aromatic rings. The molecule has 0 saturated carbocycles. The van der Waals surface area contributed by atoms with Crippen molar-refractivity contribution >= 4 is 5.97 Å². The van der Waals surface area contributed by atoms with E-state index in [9.17, 15) is 9.90 Å². The van der Waals surface area contributed by atoms with E-state index in [-0.39, 0.29) is 5.76 Å². The molecule has 0 bridgehead atoms. The second-order valence-electron chi connectivity index (χ2n) is 5.42. The minimum atomic E-state index is -0.603. The molecule has 1 aliphatic rings. The first-order chi connectivity index (χ1) is 11.7. The molecule has 0 aliphatic carbocycles. The summed E-state index contributed by atoms with van der Waals surface area (Å²) in [5.41, 5.74) is 0.385. The zero-order valence-electron chi connectivity index (χ0n) is 14.7. The molecule has 0 spiro atoms. The van der Waals surface area contributed by atoms with E-state index in [4.69, 9.17) is 4.74 Å². The van der Waals surface area contributed by atoms with Crippen molar-refractivity contribution in [3.63, 3.8) is 0 Å². The Morgan fingerprint density at radius 1 is 1.00 bits per heavy atom. The SMILES string of the molecule is C/C=C/C/C=C/C=C/C/C=C/CC/C=C/[C@H]1OC(=O)C(CC)=C1O. The van der Waals surface area contributed by atoms with Gasteiger partial charge in [-0.1, -0.05) is 61.6 Å². The van der Waals surface area contributed by atoms with Crippen LogP contribution in [0, 0.1) is 0 Å². The van der Waals surface area contributed by atoms with E-state index >= 15 is 0 Å². The summed E-state index contributed by atoms with van der Waals surface area (Å²) < 4.78 is 5.10. The molecule has 1 atom stereocenters. The minimum absolute atomic E-state index is 0.0573. The summed E-state index contributed by atoms with van der Waals surface area (Å²) in [6.45, 7) is 3.85. The number of hydrogen-bond donors (Lipinski definition) is 1. The van der Waals surface area contributed by atoms with Gasteiger partial charge in [0.15, 0.2) is 6.10 Å². The van der Waals surface area contributed by atoms with Crippen LogP contribution in [0.3, 0.4) is 0 Å². The predicted octanol–water partition coefficient (Wildman–Crippen LogP) is 5.50. The monoisotopic (exact) mass is 328 g/mol. The maximum atomic E-state index is 11.5. The number of allylic oxidation sites excluding steroid dienone is 9. The van der Waals surface area contributed by atoms with Crippen molar-refractivity contribution in [3.8, 4) is 0 Å². The van der Waals surface area contributed by atoms with Crippen molar-refractivity contribution < 1.29 is 14.6 Å². The van der Waals surface area contributed by atoms with Gasteiger partial charge in [0.1, 0.15) is 5.76 Å². The highest BCUT2D eigenvalue weighted by Gasteiger charge is 2.30. The molecule has 1 N–H and O–H groups in total. The zero-order chi connectivity index (χ0) is 17.6. The summed E-state index contributed by atoms with van der Waals surface area (Å²) in [5.74, 6) is -0.349. The fourth-order valence-corrected chi connectivity index (χ4v) is 2.21. The molecule has 0 aromatic heterocycles. The summed E-state index contributed by atoms with van der Waals surface area (Å²) in [6.07, 6.45) is 24.0. The number of cyclic esters (lactones) is 1. The Bertz CT molecular complexity index is 560. The molecule has 1 heterocycles. The number of aliphatic hydroxyl groups excluding tert-OH is 1. The molecule has 1 rings (SSSR count). The number of esters is 1. The molecule has 0 radical (unpaired) electrons. The van der Waals surface area contributed by atoms with Gasteiger partial charge in [-0.3, -0.25) is 0 Å². The predicted molar refractivity (Wildman–Crippen MR) is 99.7 cm³/mol. The first-order valence-electron chi connectivity index (χ1n) is 8.58. The van der Waals surface area contributed by atoms with Crippen LogP contribution in [0.5, 0.6) is 0 Å². The largest absolute Gasteiger partial charge is 0.507 e. The number of carbonyl (C=O) groups is 1. The van der Waals surface area contributed by atoms with Crippen LogP contribution >= 0.6 is 0 Å². The summed E-state index contributed by atoms with van der Waals surface area (Å²) in [4.78, 5) is 11.5. The summed E-state index contributed by atoms with van der Waals surface area (Å²) >= 11 is 0. The molecule has 0 aromatic carbocycles. The summed E-state index contributed by atoms with van der Waals surface area (Å²) in [7, 11) is 0. The minimum Gasteiger partial charge on any atom is -0.507 e. The Morgan fingerprint density at radius 3 is 2.29 bits per heavy atom. The second-order valence-corrected chi connectivity index (χ2v) is 5.42. The number of unbranched alkanes of at least 4 members (excludes halogenated alkanes) is 1. The van der Waals surface area contributed by atoms with Gasteiger partial charge in [0.05, 0.1) is 5.57 Å². The number of hydrogen-bond acceptors (Lipinski definition) is 3. The van der Waals surface area contributed by atoms with Gasteiger partial charge in [0.25, 0.3) is 0 Å². The van der Waals surface area contributed by atoms with Crippen LogP contribution in [0.4, 0.5) is 0 Å². The molecule has 1 aliphatic heterocycles. The third-order valence-corrected chi connectivity index (χ3v) is 3.55. The Kier molecular flexibility index (Phi) is 10.0. The van der Waals surface area contributed by atoms with E-state index in [2.05, 4.69) is 42.5 Å². The average molecular weight is 328 g/mol. The van der Waals surface area contributed by atoms with Crippen molar-refractivity contribution in [1.29, 1.82) is 0 Å². The smallest absolute Gasteiger partial charge is 0.338 e. The normalized spacial score (nSPS) is 19.2. The fraction of sp³-hybridized carbons (Fsp3) is 0.381. The Hall–Kier alpha value is -2.29. The van der Waals surface area contributed by atoms with Gasteiger partial charge in [0, 0.05) is 0 Å². The topological polar surface area (TPSA) is 46.5 Å². The lowest BCUT2D eigenvalue weighted by Crippen LogP contribution is -2.07. The number of rotatable bonds is 10. The molecule has 0 unspecified atom stereocenters. The summed E-state index contributed by atoms with van der Waals surface area (Å²) in [5, 5.41) is 9.86. The average Bonchev–Trinajstić information content (AvgIpc) is 2.85. The number of ether oxygens (including phenoxy) is 1. The molecule has 24 heavy (non-hydrogen) atoms. The van der Waals surface area contributed by atoms with Gasteiger partial charge >= 0.3 is 5.97 Å². The van der Waals surface area contributed by atoms with E-state index in [0.717, 1.165) is 25.7 Å². The van der Waals surface area contributed by atoms with Gasteiger partial charge in [-0.05, 0) is 45.1 Å². The molecule has 0 amide bonds. The molecule has 130 valence electrons. The van der Waals surface area contributed by atoms with Gasteiger partial charge in [-0.25, -0.2) is 4.79 Å². The molecule has 0 fully saturated rings. The van der Waals surface area contributed by atoms with E-state index in [1.807, 2.05) is 26.0 Å². The van der Waals surface area contributed by atoms with Crippen molar-refractivity contribution in [3.05, 3.63) is 72.1 Å². The lowest BCUT2D eigenvalue weighted by Gasteiger charge is -2.03. The number of aliphatic hydroxyl groups is 1. The number of carbonyl (C=O) groups excluding carboxylic acids is 1. The van der Waals surface area contributed by atoms with Crippen molar-refractivity contribution in [2.45, 2.75) is 52.1 Å². The van der Waals surface area contributed by atoms with E-state index in [1.54, 1.807) is 6.08 Å². The Morgan fingerprint density at radius 2 is 1.67 bits per heavy atom.